The minimum absolute atomic E-state index is 0.173. The normalized spacial score (nSPS) is 15.5. The van der Waals surface area contributed by atoms with Crippen LogP contribution >= 0.6 is 11.3 Å². The molecule has 1 atom stereocenters. The molecule has 6 nitrogen and oxygen atoms in total. The van der Waals surface area contributed by atoms with Gasteiger partial charge >= 0.3 is 5.97 Å². The Balaban J connectivity index is 1.76. The Bertz CT molecular complexity index is 1850. The van der Waals surface area contributed by atoms with Crippen molar-refractivity contribution < 1.29 is 9.53 Å². The number of para-hydroxylation sites is 1. The van der Waals surface area contributed by atoms with Crippen LogP contribution in [0.25, 0.3) is 17.0 Å². The summed E-state index contributed by atoms with van der Waals surface area (Å²) in [5.74, 6) is -0.0808. The monoisotopic (exact) mass is 553 g/mol. The molecule has 0 amide bonds. The number of allylic oxidation sites excluding steroid dienone is 2. The fourth-order valence-corrected chi connectivity index (χ4v) is 6.61. The second-order valence-corrected chi connectivity index (χ2v) is 11.5. The van der Waals surface area contributed by atoms with Gasteiger partial charge < -0.3 is 9.30 Å². The second-order valence-electron chi connectivity index (χ2n) is 10.5. The highest BCUT2D eigenvalue weighted by molar-refractivity contribution is 7.07. The number of hydrogen-bond donors (Lipinski definition) is 0. The molecule has 5 rings (SSSR count). The third-order valence-corrected chi connectivity index (χ3v) is 8.60. The fraction of sp³-hybridized carbons (Fsp3) is 0.303. The average Bonchev–Trinajstić information content (AvgIpc) is 3.37. The fourth-order valence-electron chi connectivity index (χ4n) is 5.58. The molecule has 2 aromatic carbocycles. The van der Waals surface area contributed by atoms with E-state index in [0.717, 1.165) is 27.7 Å². The molecule has 2 aromatic heterocycles. The van der Waals surface area contributed by atoms with Crippen molar-refractivity contribution in [1.29, 1.82) is 0 Å². The molecule has 3 heterocycles. The molecule has 7 heteroatoms. The first-order chi connectivity index (χ1) is 19.2. The van der Waals surface area contributed by atoms with E-state index in [1.165, 1.54) is 22.5 Å². The Labute approximate surface area is 238 Å². The number of thiazole rings is 1. The molecule has 0 saturated heterocycles. The molecule has 0 N–H and O–H groups in total. The van der Waals surface area contributed by atoms with Crippen LogP contribution in [0.2, 0.25) is 0 Å². The molecule has 1 aliphatic heterocycles. The van der Waals surface area contributed by atoms with Crippen molar-refractivity contribution in [3.63, 3.8) is 0 Å². The number of benzene rings is 2. The van der Waals surface area contributed by atoms with Gasteiger partial charge in [0.15, 0.2) is 4.80 Å². The maximum absolute atomic E-state index is 14.1. The summed E-state index contributed by atoms with van der Waals surface area (Å²) in [5.41, 5.74) is 7.22. The average molecular weight is 554 g/mol. The third kappa shape index (κ3) is 4.58. The van der Waals surface area contributed by atoms with E-state index in [-0.39, 0.29) is 12.2 Å². The first kappa shape index (κ1) is 27.6. The zero-order chi connectivity index (χ0) is 28.7. The number of carbonyl (C=O) groups excluding carboxylic acids is 1. The number of carbonyl (C=O) groups is 1. The zero-order valence-corrected chi connectivity index (χ0v) is 24.8. The smallest absolute Gasteiger partial charge is 0.338 e. The molecule has 0 fully saturated rings. The number of nitrogens with zero attached hydrogens (tertiary/aromatic N) is 3. The van der Waals surface area contributed by atoms with Crippen LogP contribution in [0, 0.1) is 13.8 Å². The van der Waals surface area contributed by atoms with Crippen molar-refractivity contribution in [2.24, 2.45) is 4.99 Å². The Morgan fingerprint density at radius 3 is 2.52 bits per heavy atom. The van der Waals surface area contributed by atoms with E-state index in [1.54, 1.807) is 11.5 Å². The van der Waals surface area contributed by atoms with Gasteiger partial charge in [0, 0.05) is 23.2 Å². The second kappa shape index (κ2) is 10.9. The van der Waals surface area contributed by atoms with Crippen molar-refractivity contribution in [2.75, 3.05) is 6.61 Å². The maximum Gasteiger partial charge on any atom is 0.338 e. The number of esters is 1. The van der Waals surface area contributed by atoms with Gasteiger partial charge in [0.2, 0.25) is 0 Å². The van der Waals surface area contributed by atoms with Crippen LogP contribution in [0.15, 0.2) is 76.2 Å². The van der Waals surface area contributed by atoms with Gasteiger partial charge in [0.25, 0.3) is 5.56 Å². The van der Waals surface area contributed by atoms with E-state index < -0.39 is 12.0 Å². The molecule has 0 spiro atoms. The summed E-state index contributed by atoms with van der Waals surface area (Å²) < 4.78 is 9.90. The van der Waals surface area contributed by atoms with Crippen molar-refractivity contribution in [2.45, 2.75) is 60.0 Å². The van der Waals surface area contributed by atoms with E-state index in [0.29, 0.717) is 33.1 Å². The number of ether oxygens (including phenoxy) is 1. The van der Waals surface area contributed by atoms with Crippen LogP contribution in [0.1, 0.15) is 67.6 Å². The molecule has 0 radical (unpaired) electrons. The highest BCUT2D eigenvalue weighted by Gasteiger charge is 2.33. The Kier molecular flexibility index (Phi) is 7.51. The molecule has 1 aliphatic rings. The molecule has 0 saturated carbocycles. The van der Waals surface area contributed by atoms with E-state index in [9.17, 15) is 9.59 Å². The summed E-state index contributed by atoms with van der Waals surface area (Å²) in [4.78, 5) is 32.6. The number of rotatable bonds is 7. The Morgan fingerprint density at radius 1 is 1.15 bits per heavy atom. The quantitative estimate of drug-likeness (QED) is 0.219. The van der Waals surface area contributed by atoms with Crippen molar-refractivity contribution in [3.8, 4) is 0 Å². The lowest BCUT2D eigenvalue weighted by Crippen LogP contribution is -2.40. The minimum Gasteiger partial charge on any atom is -0.463 e. The van der Waals surface area contributed by atoms with E-state index in [4.69, 9.17) is 9.73 Å². The molecule has 0 aliphatic carbocycles. The van der Waals surface area contributed by atoms with Gasteiger partial charge in [-0.1, -0.05) is 73.7 Å². The minimum atomic E-state index is -0.621. The van der Waals surface area contributed by atoms with E-state index in [2.05, 4.69) is 63.1 Å². The highest BCUT2D eigenvalue weighted by Crippen LogP contribution is 2.32. The lowest BCUT2D eigenvalue weighted by molar-refractivity contribution is -0.139. The molecule has 206 valence electrons. The van der Waals surface area contributed by atoms with Crippen LogP contribution in [-0.2, 0) is 16.1 Å². The molecule has 4 aromatic rings. The highest BCUT2D eigenvalue weighted by atomic mass is 32.1. The third-order valence-electron chi connectivity index (χ3n) is 7.62. The molecule has 40 heavy (non-hydrogen) atoms. The first-order valence-electron chi connectivity index (χ1n) is 13.7. The summed E-state index contributed by atoms with van der Waals surface area (Å²) in [6, 6.07) is 13.8. The van der Waals surface area contributed by atoms with Gasteiger partial charge in [0.1, 0.15) is 0 Å². The van der Waals surface area contributed by atoms with Crippen molar-refractivity contribution >= 4 is 34.3 Å². The molecule has 0 bridgehead atoms. The van der Waals surface area contributed by atoms with Gasteiger partial charge in [-0.2, -0.15) is 0 Å². The van der Waals surface area contributed by atoms with Crippen LogP contribution in [0.3, 0.4) is 0 Å². The van der Waals surface area contributed by atoms with Gasteiger partial charge in [-0.25, -0.2) is 9.79 Å². The number of hydrogen-bond acceptors (Lipinski definition) is 5. The lowest BCUT2D eigenvalue weighted by Gasteiger charge is -2.25. The summed E-state index contributed by atoms with van der Waals surface area (Å²) in [6.45, 7) is 16.9. The summed E-state index contributed by atoms with van der Waals surface area (Å²) >= 11 is 1.35. The number of aromatic nitrogens is 2. The molecular formula is C33H35N3O3S. The molecular weight excluding hydrogens is 518 g/mol. The first-order valence-corrected chi connectivity index (χ1v) is 14.5. The predicted molar refractivity (Wildman–Crippen MR) is 163 cm³/mol. The van der Waals surface area contributed by atoms with Crippen LogP contribution in [0.4, 0.5) is 0 Å². The van der Waals surface area contributed by atoms with Crippen molar-refractivity contribution in [3.05, 3.63) is 114 Å². The van der Waals surface area contributed by atoms with Gasteiger partial charge in [-0.3, -0.25) is 9.36 Å². The van der Waals surface area contributed by atoms with Crippen LogP contribution in [0.5, 0.6) is 0 Å². The van der Waals surface area contributed by atoms with Crippen molar-refractivity contribution in [1.82, 2.24) is 9.13 Å². The Morgan fingerprint density at radius 2 is 1.88 bits per heavy atom. The number of aryl methyl sites for hydroxylation is 1. The van der Waals surface area contributed by atoms with Gasteiger partial charge in [0.05, 0.1) is 34.0 Å². The summed E-state index contributed by atoms with van der Waals surface area (Å²) in [7, 11) is 0. The van der Waals surface area contributed by atoms with E-state index >= 15 is 0 Å². The predicted octanol–water partition coefficient (Wildman–Crippen LogP) is 5.68. The summed E-state index contributed by atoms with van der Waals surface area (Å²) in [6.07, 6.45) is 3.86. The maximum atomic E-state index is 14.1. The molecule has 0 unspecified atom stereocenters. The summed E-state index contributed by atoms with van der Waals surface area (Å²) in [5, 5.41) is 1.09. The zero-order valence-electron chi connectivity index (χ0n) is 23.9. The van der Waals surface area contributed by atoms with Gasteiger partial charge in [-0.05, 0) is 56.4 Å². The van der Waals surface area contributed by atoms with E-state index in [1.807, 2.05) is 37.3 Å². The standard InChI is InChI=1S/C33H35N3O3S/c1-8-17-35-22(7)26(25-12-10-11-20(5)29(25)35)18-27-31(37)36-30(24-15-13-23(14-16-24)19(3)4)28(32(38)39-9-2)21(6)34-33(36)40-27/h8,10-16,18-19,30H,1,9,17H2,2-7H3/b27-18-/t30-/m1/s1. The largest absolute Gasteiger partial charge is 0.463 e. The topological polar surface area (TPSA) is 65.6 Å². The number of fused-ring (bicyclic) bond motifs is 2. The van der Waals surface area contributed by atoms with Gasteiger partial charge in [-0.15, -0.1) is 6.58 Å². The lowest BCUT2D eigenvalue weighted by atomic mass is 9.93. The SMILES string of the molecule is C=CCn1c(C)c(/C=c2\sc3n(c2=O)[C@H](c2ccc(C(C)C)cc2)C(C(=O)OCC)=C(C)N=3)c2cccc(C)c21. The van der Waals surface area contributed by atoms with Crippen LogP contribution < -0.4 is 14.9 Å². The Hall–Kier alpha value is -3.97. The van der Waals surface area contributed by atoms with Crippen LogP contribution in [-0.4, -0.2) is 21.7 Å².